The monoisotopic (exact) mass is 251 g/mol. The maximum absolute atomic E-state index is 13.4. The maximum Gasteiger partial charge on any atom is 0.254 e. The van der Waals surface area contributed by atoms with Gasteiger partial charge < -0.3 is 16.3 Å². The lowest BCUT2D eigenvalue weighted by atomic mass is 10.1. The van der Waals surface area contributed by atoms with E-state index >= 15 is 0 Å². The van der Waals surface area contributed by atoms with Gasteiger partial charge in [-0.3, -0.25) is 4.79 Å². The molecule has 5 nitrogen and oxygen atoms in total. The predicted octanol–water partition coefficient (Wildman–Crippen LogP) is 1.08. The molecule has 1 saturated carbocycles. The van der Waals surface area contributed by atoms with E-state index in [-0.39, 0.29) is 17.3 Å². The maximum atomic E-state index is 13.4. The number of nitrogens with zero attached hydrogens (tertiary/aromatic N) is 1. The predicted molar refractivity (Wildman–Crippen MR) is 63.8 cm³/mol. The van der Waals surface area contributed by atoms with Crippen LogP contribution >= 0.6 is 0 Å². The van der Waals surface area contributed by atoms with Gasteiger partial charge in [-0.1, -0.05) is 17.3 Å². The van der Waals surface area contributed by atoms with Crippen LogP contribution in [0.5, 0.6) is 0 Å². The molecule has 0 saturated heterocycles. The molecule has 1 aliphatic rings. The van der Waals surface area contributed by atoms with Gasteiger partial charge in [0.2, 0.25) is 0 Å². The van der Waals surface area contributed by atoms with Crippen LogP contribution in [-0.4, -0.2) is 23.0 Å². The Labute approximate surface area is 103 Å². The van der Waals surface area contributed by atoms with Gasteiger partial charge in [0, 0.05) is 0 Å². The fourth-order valence-corrected chi connectivity index (χ4v) is 1.79. The number of nitrogens with two attached hydrogens (primary N) is 1. The van der Waals surface area contributed by atoms with Gasteiger partial charge in [0.05, 0.1) is 11.6 Å². The van der Waals surface area contributed by atoms with Crippen molar-refractivity contribution in [1.82, 2.24) is 5.32 Å². The minimum atomic E-state index is -0.593. The van der Waals surface area contributed by atoms with Crippen molar-refractivity contribution in [2.75, 3.05) is 0 Å². The number of amides is 1. The lowest BCUT2D eigenvalue weighted by Crippen LogP contribution is -2.46. The van der Waals surface area contributed by atoms with Gasteiger partial charge in [0.15, 0.2) is 5.84 Å². The smallest absolute Gasteiger partial charge is 0.254 e. The number of hydrogen-bond donors (Lipinski definition) is 3. The second kappa shape index (κ2) is 5.03. The lowest BCUT2D eigenvalue weighted by Gasteiger charge is -2.16. The van der Waals surface area contributed by atoms with Crippen LogP contribution in [0.3, 0.4) is 0 Å². The molecule has 96 valence electrons. The summed E-state index contributed by atoms with van der Waals surface area (Å²) in [5, 5.41) is 14.2. The highest BCUT2D eigenvalue weighted by Gasteiger charge is 2.35. The quantitative estimate of drug-likeness (QED) is 0.324. The van der Waals surface area contributed by atoms with Crippen molar-refractivity contribution in [3.05, 3.63) is 35.6 Å². The molecule has 0 spiro atoms. The van der Waals surface area contributed by atoms with Gasteiger partial charge in [-0.05, 0) is 30.9 Å². The Balaban J connectivity index is 2.12. The van der Waals surface area contributed by atoms with E-state index in [1.165, 1.54) is 18.2 Å². The summed E-state index contributed by atoms with van der Waals surface area (Å²) in [6.45, 7) is 0. The van der Waals surface area contributed by atoms with Gasteiger partial charge in [-0.2, -0.15) is 0 Å². The SMILES string of the molecule is NC(=NO)C(NC(=O)c1ccccc1F)C1CC1. The highest BCUT2D eigenvalue weighted by Crippen LogP contribution is 2.32. The van der Waals surface area contributed by atoms with Crippen molar-refractivity contribution in [1.29, 1.82) is 0 Å². The number of rotatable bonds is 4. The third kappa shape index (κ3) is 2.58. The van der Waals surface area contributed by atoms with Crippen LogP contribution in [-0.2, 0) is 0 Å². The molecule has 1 amide bonds. The Morgan fingerprint density at radius 3 is 2.72 bits per heavy atom. The molecule has 2 rings (SSSR count). The minimum absolute atomic E-state index is 0.0473. The first-order valence-corrected chi connectivity index (χ1v) is 5.66. The Bertz CT molecular complexity index is 486. The first kappa shape index (κ1) is 12.3. The Hall–Kier alpha value is -2.11. The van der Waals surface area contributed by atoms with Crippen molar-refractivity contribution in [2.45, 2.75) is 18.9 Å². The normalized spacial score (nSPS) is 17.3. The van der Waals surface area contributed by atoms with E-state index in [0.717, 1.165) is 12.8 Å². The third-order valence-corrected chi connectivity index (χ3v) is 2.93. The fraction of sp³-hybridized carbons (Fsp3) is 0.333. The summed E-state index contributed by atoms with van der Waals surface area (Å²) in [5.41, 5.74) is 5.47. The molecule has 4 N–H and O–H groups in total. The van der Waals surface area contributed by atoms with Gasteiger partial charge in [0.1, 0.15) is 5.82 Å². The summed E-state index contributed by atoms with van der Waals surface area (Å²) >= 11 is 0. The summed E-state index contributed by atoms with van der Waals surface area (Å²) in [4.78, 5) is 11.9. The zero-order valence-electron chi connectivity index (χ0n) is 9.64. The summed E-state index contributed by atoms with van der Waals surface area (Å²) in [7, 11) is 0. The number of oxime groups is 1. The Morgan fingerprint density at radius 2 is 2.17 bits per heavy atom. The second-order valence-corrected chi connectivity index (χ2v) is 4.29. The minimum Gasteiger partial charge on any atom is -0.409 e. The van der Waals surface area contributed by atoms with Crippen LogP contribution < -0.4 is 11.1 Å². The molecule has 0 radical (unpaired) electrons. The van der Waals surface area contributed by atoms with Crippen molar-refractivity contribution < 1.29 is 14.4 Å². The van der Waals surface area contributed by atoms with Gasteiger partial charge in [-0.25, -0.2) is 4.39 Å². The number of benzene rings is 1. The molecule has 1 aliphatic carbocycles. The van der Waals surface area contributed by atoms with Crippen LogP contribution in [0.2, 0.25) is 0 Å². The summed E-state index contributed by atoms with van der Waals surface area (Å²) in [5.74, 6) is -1.04. The van der Waals surface area contributed by atoms with Crippen molar-refractivity contribution in [3.63, 3.8) is 0 Å². The van der Waals surface area contributed by atoms with E-state index in [4.69, 9.17) is 10.9 Å². The molecule has 1 atom stereocenters. The van der Waals surface area contributed by atoms with E-state index in [9.17, 15) is 9.18 Å². The third-order valence-electron chi connectivity index (χ3n) is 2.93. The summed E-state index contributed by atoms with van der Waals surface area (Å²) in [6.07, 6.45) is 1.80. The number of carbonyl (C=O) groups excluding carboxylic acids is 1. The highest BCUT2D eigenvalue weighted by molar-refractivity contribution is 5.98. The standard InChI is InChI=1S/C12H14FN3O2/c13-9-4-2-1-3-8(9)12(17)15-10(7-5-6-7)11(14)16-18/h1-4,7,10,18H,5-6H2,(H2,14,16)(H,15,17). The van der Waals surface area contributed by atoms with Crippen molar-refractivity contribution in [3.8, 4) is 0 Å². The van der Waals surface area contributed by atoms with Crippen LogP contribution in [0, 0.1) is 11.7 Å². The average Bonchev–Trinajstić information content (AvgIpc) is 3.19. The zero-order valence-corrected chi connectivity index (χ0v) is 9.64. The van der Waals surface area contributed by atoms with Gasteiger partial charge in [-0.15, -0.1) is 0 Å². The second-order valence-electron chi connectivity index (χ2n) is 4.29. The van der Waals surface area contributed by atoms with Crippen LogP contribution in [0.4, 0.5) is 4.39 Å². The first-order valence-electron chi connectivity index (χ1n) is 5.66. The lowest BCUT2D eigenvalue weighted by molar-refractivity contribution is 0.0939. The fourth-order valence-electron chi connectivity index (χ4n) is 1.79. The van der Waals surface area contributed by atoms with E-state index in [0.29, 0.717) is 0 Å². The van der Waals surface area contributed by atoms with Crippen molar-refractivity contribution in [2.24, 2.45) is 16.8 Å². The zero-order chi connectivity index (χ0) is 13.1. The highest BCUT2D eigenvalue weighted by atomic mass is 19.1. The molecule has 0 aliphatic heterocycles. The molecule has 1 unspecified atom stereocenters. The molecule has 0 aromatic heterocycles. The van der Waals surface area contributed by atoms with E-state index in [1.807, 2.05) is 0 Å². The molecule has 18 heavy (non-hydrogen) atoms. The summed E-state index contributed by atoms with van der Waals surface area (Å²) in [6, 6.07) is 5.15. The number of nitrogens with one attached hydrogen (secondary N) is 1. The number of halogens is 1. The number of carbonyl (C=O) groups is 1. The topological polar surface area (TPSA) is 87.7 Å². The molecular weight excluding hydrogens is 237 g/mol. The van der Waals surface area contributed by atoms with Gasteiger partial charge >= 0.3 is 0 Å². The molecule has 1 aromatic carbocycles. The van der Waals surface area contributed by atoms with Crippen LogP contribution in [0.1, 0.15) is 23.2 Å². The molecular formula is C12H14FN3O2. The summed E-state index contributed by atoms with van der Waals surface area (Å²) < 4.78 is 13.4. The number of hydrogen-bond acceptors (Lipinski definition) is 3. The van der Waals surface area contributed by atoms with Crippen LogP contribution in [0.15, 0.2) is 29.4 Å². The Morgan fingerprint density at radius 1 is 1.50 bits per heavy atom. The molecule has 1 aromatic rings. The molecule has 1 fully saturated rings. The number of amidine groups is 1. The molecule has 6 heteroatoms. The molecule has 0 heterocycles. The van der Waals surface area contributed by atoms with Crippen LogP contribution in [0.25, 0.3) is 0 Å². The molecule has 0 bridgehead atoms. The Kier molecular flexibility index (Phi) is 3.45. The van der Waals surface area contributed by atoms with Crippen molar-refractivity contribution >= 4 is 11.7 Å². The van der Waals surface area contributed by atoms with E-state index in [1.54, 1.807) is 6.07 Å². The largest absolute Gasteiger partial charge is 0.409 e. The van der Waals surface area contributed by atoms with E-state index < -0.39 is 17.8 Å². The van der Waals surface area contributed by atoms with E-state index in [2.05, 4.69) is 10.5 Å². The van der Waals surface area contributed by atoms with Gasteiger partial charge in [0.25, 0.3) is 5.91 Å². The average molecular weight is 251 g/mol. The first-order chi connectivity index (χ1) is 8.63.